The van der Waals surface area contributed by atoms with Gasteiger partial charge in [0.15, 0.2) is 12.2 Å². The minimum Gasteiger partial charge on any atom is -0.464 e. The molecular formula is C22H34O8. The number of esters is 2. The molecule has 30 heavy (non-hydrogen) atoms. The summed E-state index contributed by atoms with van der Waals surface area (Å²) in [6, 6.07) is 0. The predicted molar refractivity (Wildman–Crippen MR) is 110 cm³/mol. The molecule has 1 heterocycles. The van der Waals surface area contributed by atoms with Crippen molar-refractivity contribution in [2.75, 3.05) is 27.4 Å². The Balaban J connectivity index is 2.93. The van der Waals surface area contributed by atoms with Gasteiger partial charge in [-0.25, -0.2) is 9.59 Å². The Morgan fingerprint density at radius 1 is 0.933 bits per heavy atom. The smallest absolute Gasteiger partial charge is 0.338 e. The highest BCUT2D eigenvalue weighted by Gasteiger charge is 2.60. The standard InChI is InChI=1S/C22H34O8/c1-8-10-11-14-27-19(23)17-18(20(24)28-15-12-13-16(3)9-2)30-22(5,26-7)21(4,25-6)29-17/h8-9,17-18H,1-3,10-15H2,4-7H3/t17-,18-,21-,22-/m1/s1. The van der Waals surface area contributed by atoms with Gasteiger partial charge in [0, 0.05) is 14.2 Å². The maximum Gasteiger partial charge on any atom is 0.338 e. The highest BCUT2D eigenvalue weighted by atomic mass is 16.8. The van der Waals surface area contributed by atoms with Gasteiger partial charge in [-0.05, 0) is 39.5 Å². The molecule has 0 aromatic heterocycles. The molecule has 0 aromatic carbocycles. The molecule has 0 N–H and O–H groups in total. The van der Waals surface area contributed by atoms with Gasteiger partial charge in [0.2, 0.25) is 11.6 Å². The van der Waals surface area contributed by atoms with Crippen molar-refractivity contribution < 1.29 is 38.0 Å². The topological polar surface area (TPSA) is 89.5 Å². The van der Waals surface area contributed by atoms with E-state index in [1.54, 1.807) is 26.0 Å². The Morgan fingerprint density at radius 2 is 1.40 bits per heavy atom. The van der Waals surface area contributed by atoms with Crippen molar-refractivity contribution in [3.05, 3.63) is 37.5 Å². The van der Waals surface area contributed by atoms with E-state index >= 15 is 0 Å². The van der Waals surface area contributed by atoms with Gasteiger partial charge in [-0.1, -0.05) is 30.9 Å². The van der Waals surface area contributed by atoms with Crippen molar-refractivity contribution in [2.45, 2.75) is 63.3 Å². The second-order valence-electron chi connectivity index (χ2n) is 7.11. The van der Waals surface area contributed by atoms with Crippen LogP contribution in [0.25, 0.3) is 0 Å². The van der Waals surface area contributed by atoms with Gasteiger partial charge in [-0.2, -0.15) is 0 Å². The lowest BCUT2D eigenvalue weighted by Crippen LogP contribution is -2.68. The number of hydrogen-bond donors (Lipinski definition) is 0. The first-order chi connectivity index (χ1) is 14.2. The molecule has 8 heteroatoms. The Bertz CT molecular complexity index is 631. The largest absolute Gasteiger partial charge is 0.464 e. The second-order valence-corrected chi connectivity index (χ2v) is 7.11. The van der Waals surface area contributed by atoms with Crippen molar-refractivity contribution in [1.29, 1.82) is 0 Å². The number of unbranched alkanes of at least 4 members (excludes halogenated alkanes) is 1. The van der Waals surface area contributed by atoms with Gasteiger partial charge >= 0.3 is 11.9 Å². The third-order valence-electron chi connectivity index (χ3n) is 5.02. The van der Waals surface area contributed by atoms with Gasteiger partial charge in [0.05, 0.1) is 13.2 Å². The van der Waals surface area contributed by atoms with E-state index < -0.39 is 35.7 Å². The van der Waals surface area contributed by atoms with Crippen LogP contribution in [-0.2, 0) is 38.0 Å². The zero-order valence-corrected chi connectivity index (χ0v) is 18.4. The minimum atomic E-state index is -1.47. The zero-order chi connectivity index (χ0) is 22.8. The van der Waals surface area contributed by atoms with Crippen molar-refractivity contribution in [3.63, 3.8) is 0 Å². The third kappa shape index (κ3) is 6.50. The lowest BCUT2D eigenvalue weighted by Gasteiger charge is -2.50. The highest BCUT2D eigenvalue weighted by Crippen LogP contribution is 2.39. The van der Waals surface area contributed by atoms with E-state index in [0.717, 1.165) is 5.57 Å². The van der Waals surface area contributed by atoms with E-state index in [1.807, 2.05) is 0 Å². The Kier molecular flexibility index (Phi) is 10.4. The molecule has 4 atom stereocenters. The van der Waals surface area contributed by atoms with Crippen molar-refractivity contribution >= 4 is 11.9 Å². The molecule has 0 amide bonds. The molecule has 1 aliphatic rings. The number of hydrogen-bond acceptors (Lipinski definition) is 8. The maximum absolute atomic E-state index is 12.7. The fourth-order valence-corrected chi connectivity index (χ4v) is 2.77. The monoisotopic (exact) mass is 426 g/mol. The molecule has 1 aliphatic heterocycles. The maximum atomic E-state index is 12.7. The second kappa shape index (κ2) is 12.0. The average molecular weight is 427 g/mol. The summed E-state index contributed by atoms with van der Waals surface area (Å²) in [6.45, 7) is 14.4. The van der Waals surface area contributed by atoms with Crippen molar-refractivity contribution in [1.82, 2.24) is 0 Å². The Labute approximate surface area is 178 Å². The fourth-order valence-electron chi connectivity index (χ4n) is 2.77. The van der Waals surface area contributed by atoms with E-state index in [-0.39, 0.29) is 13.2 Å². The molecule has 1 saturated heterocycles. The van der Waals surface area contributed by atoms with Crippen LogP contribution in [0, 0.1) is 0 Å². The summed E-state index contributed by atoms with van der Waals surface area (Å²) in [7, 11) is 2.77. The first kappa shape index (κ1) is 26.0. The van der Waals surface area contributed by atoms with E-state index in [4.69, 9.17) is 28.4 Å². The van der Waals surface area contributed by atoms with Gasteiger partial charge in [0.25, 0.3) is 0 Å². The molecular weight excluding hydrogens is 392 g/mol. The number of ether oxygens (including phenoxy) is 6. The van der Waals surface area contributed by atoms with Crippen LogP contribution in [-0.4, -0.2) is 63.2 Å². The van der Waals surface area contributed by atoms with Crippen LogP contribution in [0.2, 0.25) is 0 Å². The average Bonchev–Trinajstić information content (AvgIpc) is 2.75. The van der Waals surface area contributed by atoms with Crippen molar-refractivity contribution in [2.24, 2.45) is 0 Å². The van der Waals surface area contributed by atoms with Gasteiger partial charge < -0.3 is 28.4 Å². The summed E-state index contributed by atoms with van der Waals surface area (Å²) in [6.07, 6.45) is 3.08. The number of rotatable bonds is 13. The summed E-state index contributed by atoms with van der Waals surface area (Å²) in [4.78, 5) is 25.4. The molecule has 0 saturated carbocycles. The molecule has 1 fully saturated rings. The first-order valence-electron chi connectivity index (χ1n) is 9.88. The van der Waals surface area contributed by atoms with E-state index in [2.05, 4.69) is 19.7 Å². The number of methoxy groups -OCH3 is 2. The van der Waals surface area contributed by atoms with E-state index in [9.17, 15) is 9.59 Å². The number of carbonyl (C=O) groups is 2. The molecule has 1 rings (SSSR count). The molecule has 0 spiro atoms. The molecule has 170 valence electrons. The first-order valence-corrected chi connectivity index (χ1v) is 9.88. The molecule has 0 aliphatic carbocycles. The van der Waals surface area contributed by atoms with E-state index in [0.29, 0.717) is 25.7 Å². The van der Waals surface area contributed by atoms with E-state index in [1.165, 1.54) is 14.2 Å². The van der Waals surface area contributed by atoms with Crippen LogP contribution in [0.4, 0.5) is 0 Å². The summed E-state index contributed by atoms with van der Waals surface area (Å²) in [5.41, 5.74) is 0.840. The highest BCUT2D eigenvalue weighted by molar-refractivity contribution is 5.86. The van der Waals surface area contributed by atoms with Crippen LogP contribution >= 0.6 is 0 Å². The lowest BCUT2D eigenvalue weighted by molar-refractivity contribution is -0.439. The summed E-state index contributed by atoms with van der Waals surface area (Å²) >= 11 is 0. The van der Waals surface area contributed by atoms with Crippen LogP contribution in [0.15, 0.2) is 37.5 Å². The molecule has 0 radical (unpaired) electrons. The Hall–Kier alpha value is -2.00. The van der Waals surface area contributed by atoms with Gasteiger partial charge in [-0.3, -0.25) is 0 Å². The molecule has 8 nitrogen and oxygen atoms in total. The molecule has 0 aromatic rings. The number of allylic oxidation sites excluding steroid dienone is 3. The SMILES string of the molecule is C=CCCCOC(=O)[C@@H]1O[C@@](C)(OC)[C@](C)(OC)O[C@H]1C(=O)OCCCC(=C)C=C. The Morgan fingerprint density at radius 3 is 1.80 bits per heavy atom. The minimum absolute atomic E-state index is 0.123. The fraction of sp³-hybridized carbons (Fsp3) is 0.636. The van der Waals surface area contributed by atoms with Crippen LogP contribution in [0.5, 0.6) is 0 Å². The van der Waals surface area contributed by atoms with Crippen molar-refractivity contribution in [3.8, 4) is 0 Å². The lowest BCUT2D eigenvalue weighted by atomic mass is 10.0. The van der Waals surface area contributed by atoms with Crippen LogP contribution < -0.4 is 0 Å². The summed E-state index contributed by atoms with van der Waals surface area (Å²) in [5.74, 6) is -4.44. The zero-order valence-electron chi connectivity index (χ0n) is 18.4. The summed E-state index contributed by atoms with van der Waals surface area (Å²) in [5, 5.41) is 0. The molecule has 0 bridgehead atoms. The predicted octanol–water partition coefficient (Wildman–Crippen LogP) is 3.07. The molecule has 0 unspecified atom stereocenters. The van der Waals surface area contributed by atoms with Gasteiger partial charge in [-0.15, -0.1) is 6.58 Å². The van der Waals surface area contributed by atoms with Crippen LogP contribution in [0.3, 0.4) is 0 Å². The normalized spacial score (nSPS) is 28.4. The number of carbonyl (C=O) groups excluding carboxylic acids is 2. The quantitative estimate of drug-likeness (QED) is 0.192. The van der Waals surface area contributed by atoms with Gasteiger partial charge in [0.1, 0.15) is 0 Å². The summed E-state index contributed by atoms with van der Waals surface area (Å²) < 4.78 is 33.1. The third-order valence-corrected chi connectivity index (χ3v) is 5.02. The van der Waals surface area contributed by atoms with Crippen LogP contribution in [0.1, 0.15) is 39.5 Å².